The van der Waals surface area contributed by atoms with Gasteiger partial charge < -0.3 is 14.8 Å². The first-order chi connectivity index (χ1) is 11.9. The van der Waals surface area contributed by atoms with E-state index in [4.69, 9.17) is 9.47 Å². The minimum absolute atomic E-state index is 0.0694. The van der Waals surface area contributed by atoms with Gasteiger partial charge in [0.15, 0.2) is 0 Å². The minimum Gasteiger partial charge on any atom is -0.497 e. The molecule has 1 amide bonds. The molecule has 0 aliphatic heterocycles. The van der Waals surface area contributed by atoms with E-state index in [0.29, 0.717) is 22.7 Å². The highest BCUT2D eigenvalue weighted by Gasteiger charge is 2.17. The zero-order chi connectivity index (χ0) is 18.4. The number of nitrogens with one attached hydrogen (secondary N) is 2. The van der Waals surface area contributed by atoms with Gasteiger partial charge in [0.25, 0.3) is 0 Å². The Morgan fingerprint density at radius 2 is 1.84 bits per heavy atom. The lowest BCUT2D eigenvalue weighted by molar-refractivity contribution is -0.115. The first kappa shape index (κ1) is 18.8. The van der Waals surface area contributed by atoms with Gasteiger partial charge in [0, 0.05) is 11.8 Å². The quantitative estimate of drug-likeness (QED) is 0.783. The summed E-state index contributed by atoms with van der Waals surface area (Å²) < 4.78 is 37.0. The molecular formula is C17H20N2O5S. The van der Waals surface area contributed by atoms with Crippen LogP contribution in [-0.2, 0) is 14.8 Å². The average Bonchev–Trinajstić information content (AvgIpc) is 2.60. The van der Waals surface area contributed by atoms with Gasteiger partial charge in [-0.1, -0.05) is 6.07 Å². The van der Waals surface area contributed by atoms with E-state index in [-0.39, 0.29) is 11.4 Å². The third kappa shape index (κ3) is 4.94. The molecule has 2 aromatic rings. The Bertz CT molecular complexity index is 865. The summed E-state index contributed by atoms with van der Waals surface area (Å²) in [4.78, 5) is 12.0. The highest BCUT2D eigenvalue weighted by molar-refractivity contribution is 7.89. The van der Waals surface area contributed by atoms with Crippen molar-refractivity contribution in [1.29, 1.82) is 0 Å². The van der Waals surface area contributed by atoms with E-state index in [1.54, 1.807) is 37.3 Å². The second kappa shape index (κ2) is 8.00. The summed E-state index contributed by atoms with van der Waals surface area (Å²) >= 11 is 0. The van der Waals surface area contributed by atoms with E-state index in [1.165, 1.54) is 26.4 Å². The van der Waals surface area contributed by atoms with E-state index in [1.807, 2.05) is 0 Å². The standard InChI is InChI=1S/C17H20N2O5S/c1-12-9-15(7-8-16(12)24-3)25(21,22)18-11-17(20)19-13-5-4-6-14(10-13)23-2/h4-10,18H,11H2,1-3H3,(H,19,20). The van der Waals surface area contributed by atoms with Crippen molar-refractivity contribution in [3.05, 3.63) is 48.0 Å². The molecule has 2 aromatic carbocycles. The Kier molecular flexibility index (Phi) is 6.00. The summed E-state index contributed by atoms with van der Waals surface area (Å²) in [6.07, 6.45) is 0. The van der Waals surface area contributed by atoms with Gasteiger partial charge in [0.1, 0.15) is 11.5 Å². The lowest BCUT2D eigenvalue weighted by Gasteiger charge is -2.10. The molecule has 0 heterocycles. The van der Waals surface area contributed by atoms with Gasteiger partial charge in [-0.3, -0.25) is 4.79 Å². The lowest BCUT2D eigenvalue weighted by Crippen LogP contribution is -2.32. The van der Waals surface area contributed by atoms with E-state index < -0.39 is 15.9 Å². The fourth-order valence-electron chi connectivity index (χ4n) is 2.17. The lowest BCUT2D eigenvalue weighted by atomic mass is 10.2. The number of ether oxygens (including phenoxy) is 2. The minimum atomic E-state index is -3.80. The molecule has 2 rings (SSSR count). The topological polar surface area (TPSA) is 93.7 Å². The number of carbonyl (C=O) groups excluding carboxylic acids is 1. The Balaban J connectivity index is 2.01. The molecule has 8 heteroatoms. The molecule has 0 aromatic heterocycles. The van der Waals surface area contributed by atoms with E-state index in [9.17, 15) is 13.2 Å². The summed E-state index contributed by atoms with van der Waals surface area (Å²) in [5, 5.41) is 2.60. The predicted molar refractivity (Wildman–Crippen MR) is 94.5 cm³/mol. The van der Waals surface area contributed by atoms with Gasteiger partial charge in [-0.05, 0) is 42.8 Å². The molecule has 0 bridgehead atoms. The van der Waals surface area contributed by atoms with Crippen LogP contribution in [0.2, 0.25) is 0 Å². The summed E-state index contributed by atoms with van der Waals surface area (Å²) in [5.74, 6) is 0.698. The first-order valence-electron chi connectivity index (χ1n) is 7.44. The van der Waals surface area contributed by atoms with Crippen LogP contribution in [0.5, 0.6) is 11.5 Å². The third-order valence-electron chi connectivity index (χ3n) is 3.45. The number of anilines is 1. The number of sulfonamides is 1. The maximum absolute atomic E-state index is 12.3. The van der Waals surface area contributed by atoms with E-state index >= 15 is 0 Å². The summed E-state index contributed by atoms with van der Waals surface area (Å²) in [6.45, 7) is 1.36. The molecule has 0 aliphatic rings. The molecule has 0 saturated heterocycles. The molecule has 0 unspecified atom stereocenters. The van der Waals surface area contributed by atoms with Crippen molar-refractivity contribution in [2.45, 2.75) is 11.8 Å². The molecule has 25 heavy (non-hydrogen) atoms. The van der Waals surface area contributed by atoms with Crippen LogP contribution in [0.4, 0.5) is 5.69 Å². The predicted octanol–water partition coefficient (Wildman–Crippen LogP) is 1.93. The third-order valence-corrected chi connectivity index (χ3v) is 4.85. The molecule has 0 radical (unpaired) electrons. The number of methoxy groups -OCH3 is 2. The molecule has 2 N–H and O–H groups in total. The van der Waals surface area contributed by atoms with Crippen molar-refractivity contribution in [2.24, 2.45) is 0 Å². The van der Waals surface area contributed by atoms with Gasteiger partial charge in [-0.15, -0.1) is 0 Å². The Hall–Kier alpha value is -2.58. The highest BCUT2D eigenvalue weighted by Crippen LogP contribution is 2.21. The van der Waals surface area contributed by atoms with Crippen LogP contribution in [0.3, 0.4) is 0 Å². The second-order valence-corrected chi connectivity index (χ2v) is 7.00. The fourth-order valence-corrected chi connectivity index (χ4v) is 3.23. The van der Waals surface area contributed by atoms with Crippen LogP contribution >= 0.6 is 0 Å². The average molecular weight is 364 g/mol. The van der Waals surface area contributed by atoms with Gasteiger partial charge in [0.05, 0.1) is 25.7 Å². The van der Waals surface area contributed by atoms with Crippen molar-refractivity contribution in [3.8, 4) is 11.5 Å². The van der Waals surface area contributed by atoms with Gasteiger partial charge in [-0.25, -0.2) is 13.1 Å². The maximum atomic E-state index is 12.3. The number of carbonyl (C=O) groups is 1. The van der Waals surface area contributed by atoms with Crippen LogP contribution in [0, 0.1) is 6.92 Å². The van der Waals surface area contributed by atoms with Crippen molar-refractivity contribution in [2.75, 3.05) is 26.1 Å². The number of hydrogen-bond donors (Lipinski definition) is 2. The van der Waals surface area contributed by atoms with E-state index in [2.05, 4.69) is 10.0 Å². The number of aryl methyl sites for hydroxylation is 1. The molecule has 0 atom stereocenters. The van der Waals surface area contributed by atoms with Crippen molar-refractivity contribution in [3.63, 3.8) is 0 Å². The van der Waals surface area contributed by atoms with E-state index in [0.717, 1.165) is 0 Å². The van der Waals surface area contributed by atoms with Gasteiger partial charge in [-0.2, -0.15) is 0 Å². The van der Waals surface area contributed by atoms with Crippen LogP contribution in [0.1, 0.15) is 5.56 Å². The first-order valence-corrected chi connectivity index (χ1v) is 8.92. The zero-order valence-electron chi connectivity index (χ0n) is 14.2. The van der Waals surface area contributed by atoms with Gasteiger partial charge >= 0.3 is 0 Å². The molecule has 7 nitrogen and oxygen atoms in total. The van der Waals surface area contributed by atoms with Crippen molar-refractivity contribution in [1.82, 2.24) is 4.72 Å². The maximum Gasteiger partial charge on any atom is 0.241 e. The molecular weight excluding hydrogens is 344 g/mol. The summed E-state index contributed by atoms with van der Waals surface area (Å²) in [5.41, 5.74) is 1.20. The van der Waals surface area contributed by atoms with Crippen molar-refractivity contribution < 1.29 is 22.7 Å². The normalized spacial score (nSPS) is 11.0. The largest absolute Gasteiger partial charge is 0.497 e. The molecule has 134 valence electrons. The smallest absolute Gasteiger partial charge is 0.241 e. The van der Waals surface area contributed by atoms with Crippen LogP contribution in [-0.4, -0.2) is 35.1 Å². The number of rotatable bonds is 7. The number of hydrogen-bond acceptors (Lipinski definition) is 5. The molecule has 0 fully saturated rings. The molecule has 0 spiro atoms. The number of benzene rings is 2. The highest BCUT2D eigenvalue weighted by atomic mass is 32.2. The monoisotopic (exact) mass is 364 g/mol. The van der Waals surface area contributed by atoms with Crippen LogP contribution in [0.25, 0.3) is 0 Å². The zero-order valence-corrected chi connectivity index (χ0v) is 15.0. The Labute approximate surface area is 147 Å². The second-order valence-electron chi connectivity index (χ2n) is 5.24. The van der Waals surface area contributed by atoms with Gasteiger partial charge in [0.2, 0.25) is 15.9 Å². The van der Waals surface area contributed by atoms with Crippen LogP contribution in [0.15, 0.2) is 47.4 Å². The molecule has 0 aliphatic carbocycles. The number of amides is 1. The van der Waals surface area contributed by atoms with Crippen LogP contribution < -0.4 is 19.5 Å². The Morgan fingerprint density at radius 1 is 1.08 bits per heavy atom. The Morgan fingerprint density at radius 3 is 2.48 bits per heavy atom. The fraction of sp³-hybridized carbons (Fsp3) is 0.235. The van der Waals surface area contributed by atoms with Crippen molar-refractivity contribution >= 4 is 21.6 Å². The molecule has 0 saturated carbocycles. The summed E-state index contributed by atoms with van der Waals surface area (Å²) in [6, 6.07) is 11.3. The SMILES string of the molecule is COc1cccc(NC(=O)CNS(=O)(=O)c2ccc(OC)c(C)c2)c1. The summed E-state index contributed by atoms with van der Waals surface area (Å²) in [7, 11) is -0.768.